The number of nitrogens with zero attached hydrogens (tertiary/aromatic N) is 5. The van der Waals surface area contributed by atoms with E-state index >= 15 is 0 Å². The molecule has 0 saturated heterocycles. The largest absolute Gasteiger partial charge is 0.493 e. The summed E-state index contributed by atoms with van der Waals surface area (Å²) >= 11 is 0. The number of hydrogen-bond donors (Lipinski definition) is 4. The Balaban J connectivity index is 1.36. The molecule has 15 nitrogen and oxygen atoms in total. The topological polar surface area (TPSA) is 182 Å². The molecule has 4 rings (SSSR count). The van der Waals surface area contributed by atoms with Crippen molar-refractivity contribution in [2.24, 2.45) is 0 Å². The zero-order valence-electron chi connectivity index (χ0n) is 24.8. The van der Waals surface area contributed by atoms with E-state index in [4.69, 9.17) is 24.0 Å². The summed E-state index contributed by atoms with van der Waals surface area (Å²) in [6.45, 7) is 2.07. The highest BCUT2D eigenvalue weighted by Gasteiger charge is 2.16. The van der Waals surface area contributed by atoms with Gasteiger partial charge in [0.1, 0.15) is 24.5 Å². The number of fused-ring (bicyclic) bond motifs is 1. The molecule has 4 N–H and O–H groups in total. The lowest BCUT2D eigenvalue weighted by molar-refractivity contribution is -0.116. The fourth-order valence-corrected chi connectivity index (χ4v) is 4.64. The summed E-state index contributed by atoms with van der Waals surface area (Å²) in [4.78, 5) is 40.9. The number of anilines is 3. The molecule has 2 aromatic heterocycles. The minimum Gasteiger partial charge on any atom is -0.493 e. The third-order valence-corrected chi connectivity index (χ3v) is 6.90. The summed E-state index contributed by atoms with van der Waals surface area (Å²) in [6.07, 6.45) is 5.21. The number of carbonyl (C=O) groups is 1. The smallest absolute Gasteiger partial charge is 0.469 e. The van der Waals surface area contributed by atoms with E-state index in [2.05, 4.69) is 30.2 Å². The van der Waals surface area contributed by atoms with Crippen LogP contribution in [0, 0.1) is 5.82 Å². The summed E-state index contributed by atoms with van der Waals surface area (Å²) in [5, 5.41) is 10.7. The molecule has 0 atom stereocenters. The molecule has 2 heterocycles. The number of carbonyl (C=O) groups excluding carboxylic acids is 1. The highest BCUT2D eigenvalue weighted by Crippen LogP contribution is 2.36. The molecule has 4 aromatic rings. The summed E-state index contributed by atoms with van der Waals surface area (Å²) < 4.78 is 47.1. The number of amides is 1. The van der Waals surface area contributed by atoms with E-state index in [1.54, 1.807) is 37.7 Å². The Morgan fingerprint density at radius 3 is 2.62 bits per heavy atom. The fraction of sp³-hybridized carbons (Fsp3) is 0.357. The highest BCUT2D eigenvalue weighted by molar-refractivity contribution is 7.46. The fourth-order valence-electron chi connectivity index (χ4n) is 4.32. The number of phosphoric ester groups is 1. The van der Waals surface area contributed by atoms with Gasteiger partial charge in [-0.25, -0.2) is 18.9 Å². The SMILES string of the molecule is COCCN(CCCOc1cc2ncnc(Nc3cnn(CC(=O)Nc4cccc(F)c4)c3)c2cc1OC)CCOP(=O)(O)O. The standard InChI is InChI=1S/C28H35FN7O8P/c1-41-11-8-35(9-12-44-45(38,39)40)7-4-10-43-26-15-24-23(14-25(26)42-2)28(31-19-30-24)34-22-16-32-36(17-22)18-27(37)33-21-6-3-5-20(29)13-21/h3,5-6,13-17,19H,4,7-12,18H2,1-2H3,(H,33,37)(H,30,31,34)(H2,38,39,40). The molecular formula is C28H35FN7O8P. The lowest BCUT2D eigenvalue weighted by Gasteiger charge is -2.22. The van der Waals surface area contributed by atoms with Crippen LogP contribution in [0.5, 0.6) is 11.5 Å². The molecule has 0 radical (unpaired) electrons. The Hall–Kier alpha value is -4.18. The second-order valence-corrected chi connectivity index (χ2v) is 11.0. The van der Waals surface area contributed by atoms with Gasteiger partial charge in [0, 0.05) is 50.1 Å². The third kappa shape index (κ3) is 10.7. The van der Waals surface area contributed by atoms with Crippen molar-refractivity contribution >= 4 is 41.8 Å². The van der Waals surface area contributed by atoms with Crippen LogP contribution in [0.2, 0.25) is 0 Å². The predicted molar refractivity (Wildman–Crippen MR) is 163 cm³/mol. The van der Waals surface area contributed by atoms with E-state index in [9.17, 15) is 13.8 Å². The van der Waals surface area contributed by atoms with E-state index < -0.39 is 13.6 Å². The maximum absolute atomic E-state index is 13.4. The number of ether oxygens (including phenoxy) is 3. The van der Waals surface area contributed by atoms with Gasteiger partial charge in [0.2, 0.25) is 5.91 Å². The van der Waals surface area contributed by atoms with Crippen molar-refractivity contribution in [3.8, 4) is 11.5 Å². The van der Waals surface area contributed by atoms with E-state index in [-0.39, 0.29) is 19.1 Å². The quantitative estimate of drug-likeness (QED) is 0.0914. The molecule has 45 heavy (non-hydrogen) atoms. The van der Waals surface area contributed by atoms with Crippen LogP contribution in [-0.4, -0.2) is 94.0 Å². The number of phosphoric acid groups is 1. The second-order valence-electron chi connectivity index (χ2n) is 9.71. The minimum absolute atomic E-state index is 0.0808. The number of methoxy groups -OCH3 is 2. The monoisotopic (exact) mass is 647 g/mol. The van der Waals surface area contributed by atoms with Crippen LogP contribution >= 0.6 is 7.82 Å². The van der Waals surface area contributed by atoms with Crippen molar-refractivity contribution in [2.75, 3.05) is 64.3 Å². The first kappa shape index (κ1) is 33.7. The van der Waals surface area contributed by atoms with Gasteiger partial charge in [-0.2, -0.15) is 5.10 Å². The first-order valence-electron chi connectivity index (χ1n) is 13.9. The Kier molecular flexibility index (Phi) is 12.2. The molecule has 17 heteroatoms. The van der Waals surface area contributed by atoms with Crippen molar-refractivity contribution in [3.05, 3.63) is 60.9 Å². The van der Waals surface area contributed by atoms with Crippen LogP contribution in [0.3, 0.4) is 0 Å². The molecule has 1 amide bonds. The molecule has 0 aliphatic carbocycles. The maximum atomic E-state index is 13.4. The zero-order valence-corrected chi connectivity index (χ0v) is 25.7. The Morgan fingerprint density at radius 2 is 1.87 bits per heavy atom. The van der Waals surface area contributed by atoms with E-state index in [0.717, 1.165) is 0 Å². The van der Waals surface area contributed by atoms with Crippen molar-refractivity contribution in [1.82, 2.24) is 24.6 Å². The molecule has 0 aliphatic rings. The second kappa shape index (κ2) is 16.2. The molecule has 0 fully saturated rings. The van der Waals surface area contributed by atoms with E-state index in [1.165, 1.54) is 36.3 Å². The van der Waals surface area contributed by atoms with Crippen LogP contribution in [0.25, 0.3) is 10.9 Å². The molecule has 242 valence electrons. The molecule has 0 unspecified atom stereocenters. The number of halogens is 1. The molecule has 2 aromatic carbocycles. The summed E-state index contributed by atoms with van der Waals surface area (Å²) in [5.74, 6) is 0.630. The van der Waals surface area contributed by atoms with E-state index in [1.807, 2.05) is 4.90 Å². The van der Waals surface area contributed by atoms with Crippen LogP contribution in [0.15, 0.2) is 55.1 Å². The first-order chi connectivity index (χ1) is 21.6. The minimum atomic E-state index is -4.53. The van der Waals surface area contributed by atoms with Gasteiger partial charge in [0.15, 0.2) is 11.5 Å². The van der Waals surface area contributed by atoms with Crippen LogP contribution < -0.4 is 20.1 Å². The maximum Gasteiger partial charge on any atom is 0.469 e. The van der Waals surface area contributed by atoms with Gasteiger partial charge in [-0.05, 0) is 30.7 Å². The van der Waals surface area contributed by atoms with Gasteiger partial charge in [0.25, 0.3) is 0 Å². The Bertz CT molecular complexity index is 1620. The van der Waals surface area contributed by atoms with E-state index in [0.29, 0.717) is 78.9 Å². The van der Waals surface area contributed by atoms with Crippen LogP contribution in [-0.2, 0) is 25.2 Å². The first-order valence-corrected chi connectivity index (χ1v) is 15.4. The van der Waals surface area contributed by atoms with Gasteiger partial charge < -0.3 is 34.6 Å². The normalized spacial score (nSPS) is 11.6. The number of hydrogen-bond acceptors (Lipinski definition) is 11. The number of benzene rings is 2. The number of rotatable bonds is 18. The number of nitrogens with one attached hydrogen (secondary N) is 2. The van der Waals surface area contributed by atoms with Crippen molar-refractivity contribution in [2.45, 2.75) is 13.0 Å². The molecule has 0 aliphatic heterocycles. The molecular weight excluding hydrogens is 612 g/mol. The average Bonchev–Trinajstić information content (AvgIpc) is 3.43. The van der Waals surface area contributed by atoms with Crippen LogP contribution in [0.4, 0.5) is 21.6 Å². The summed E-state index contributed by atoms with van der Waals surface area (Å²) in [7, 11) is -1.42. The Labute approximate surface area is 258 Å². The lowest BCUT2D eigenvalue weighted by atomic mass is 10.2. The highest BCUT2D eigenvalue weighted by atomic mass is 31.2. The molecule has 0 saturated carbocycles. The van der Waals surface area contributed by atoms with Crippen molar-refractivity contribution in [3.63, 3.8) is 0 Å². The van der Waals surface area contributed by atoms with Gasteiger partial charge in [-0.3, -0.25) is 18.9 Å². The molecule has 0 spiro atoms. The van der Waals surface area contributed by atoms with Crippen molar-refractivity contribution < 1.29 is 42.3 Å². The average molecular weight is 648 g/mol. The predicted octanol–water partition coefficient (Wildman–Crippen LogP) is 3.18. The van der Waals surface area contributed by atoms with Crippen molar-refractivity contribution in [1.29, 1.82) is 0 Å². The summed E-state index contributed by atoms with van der Waals surface area (Å²) in [5.41, 5.74) is 1.53. The lowest BCUT2D eigenvalue weighted by Crippen LogP contribution is -2.32. The third-order valence-electron chi connectivity index (χ3n) is 6.39. The van der Waals surface area contributed by atoms with Gasteiger partial charge in [-0.15, -0.1) is 0 Å². The number of aromatic nitrogens is 4. The Morgan fingerprint density at radius 1 is 1.04 bits per heavy atom. The van der Waals surface area contributed by atoms with Gasteiger partial charge in [0.05, 0.1) is 44.3 Å². The van der Waals surface area contributed by atoms with Gasteiger partial charge >= 0.3 is 7.82 Å². The zero-order chi connectivity index (χ0) is 32.2. The molecule has 0 bridgehead atoms. The summed E-state index contributed by atoms with van der Waals surface area (Å²) in [6, 6.07) is 9.14. The van der Waals surface area contributed by atoms with Gasteiger partial charge in [-0.1, -0.05) is 6.07 Å². The van der Waals surface area contributed by atoms with Crippen LogP contribution in [0.1, 0.15) is 6.42 Å².